The molecule has 230 valence electrons. The molecule has 0 radical (unpaired) electrons. The predicted molar refractivity (Wildman–Crippen MR) is 152 cm³/mol. The van der Waals surface area contributed by atoms with E-state index in [1.165, 1.54) is 36.5 Å². The molecule has 0 aliphatic carbocycles. The van der Waals surface area contributed by atoms with Gasteiger partial charge in [-0.2, -0.15) is 28.6 Å². The van der Waals surface area contributed by atoms with Crippen LogP contribution in [0, 0.1) is 24.1 Å². The Morgan fingerprint density at radius 3 is 2.50 bits per heavy atom. The first-order chi connectivity index (χ1) is 21.5. The zero-order chi connectivity index (χ0) is 32.1. The first-order valence-electron chi connectivity index (χ1n) is 13.8. The number of rotatable bonds is 11. The van der Waals surface area contributed by atoms with Crippen molar-refractivity contribution in [1.29, 1.82) is 5.26 Å². The van der Waals surface area contributed by atoms with Crippen LogP contribution in [0.3, 0.4) is 0 Å². The van der Waals surface area contributed by atoms with Crippen LogP contribution < -0.4 is 39.4 Å². The topological polar surface area (TPSA) is 122 Å². The predicted octanol–water partition coefficient (Wildman–Crippen LogP) is 2.09. The van der Waals surface area contributed by atoms with E-state index in [0.29, 0.717) is 65.7 Å². The molecular weight excluding hydrogens is 615 g/mol. The Morgan fingerprint density at radius 1 is 1.04 bits per heavy atom. The number of carbonyl (C=O) groups excluding carboxylic acids is 1. The normalized spacial score (nSPS) is 11.1. The quantitative estimate of drug-likeness (QED) is 0.123. The Balaban J connectivity index is 0.00000480. The number of ether oxygens (including phenoxy) is 1. The number of nitrogens with zero attached hydrogens (tertiary/aromatic N) is 6. The Bertz CT molecular complexity index is 1900. The molecule has 46 heavy (non-hydrogen) atoms. The molecular formula is C32H25F4N6NaO3. The molecule has 0 saturated heterocycles. The van der Waals surface area contributed by atoms with Crippen molar-refractivity contribution in [2.75, 3.05) is 6.61 Å². The zero-order valence-electron chi connectivity index (χ0n) is 24.9. The second-order valence-corrected chi connectivity index (χ2v) is 10.2. The first-order valence-corrected chi connectivity index (χ1v) is 13.8. The van der Waals surface area contributed by atoms with Crippen molar-refractivity contribution in [3.8, 4) is 28.9 Å². The number of nitriles is 1. The Kier molecular flexibility index (Phi) is 11.0. The summed E-state index contributed by atoms with van der Waals surface area (Å²) in [6, 6.07) is 16.2. The number of aromatic carboxylic acids is 1. The van der Waals surface area contributed by atoms with Crippen LogP contribution in [0.5, 0.6) is 5.75 Å². The van der Waals surface area contributed by atoms with Crippen LogP contribution >= 0.6 is 0 Å². The molecule has 14 heteroatoms. The van der Waals surface area contributed by atoms with Crippen LogP contribution in [-0.4, -0.2) is 37.1 Å². The van der Waals surface area contributed by atoms with E-state index >= 15 is 0 Å². The SMILES string of the molecule is Cc1cc(OCCCn2cc(C#N)cn2)ccc1CCc1ccc(F)cc1-c1cccc(-n2ncc(C(=O)[O-])c2C(F)(F)F)n1.[Na+]. The average Bonchev–Trinajstić information content (AvgIpc) is 3.67. The third-order valence-corrected chi connectivity index (χ3v) is 7.10. The number of benzene rings is 2. The molecule has 0 fully saturated rings. The average molecular weight is 641 g/mol. The van der Waals surface area contributed by atoms with Gasteiger partial charge in [-0.1, -0.05) is 18.2 Å². The van der Waals surface area contributed by atoms with Gasteiger partial charge in [0.2, 0.25) is 0 Å². The van der Waals surface area contributed by atoms with Gasteiger partial charge in [0.05, 0.1) is 36.2 Å². The minimum absolute atomic E-state index is 0. The van der Waals surface area contributed by atoms with Gasteiger partial charge < -0.3 is 14.6 Å². The number of alkyl halides is 3. The summed E-state index contributed by atoms with van der Waals surface area (Å²) in [5.41, 5.74) is 1.17. The molecule has 2 aromatic carbocycles. The molecule has 0 bridgehead atoms. The van der Waals surface area contributed by atoms with Gasteiger partial charge in [0, 0.05) is 30.3 Å². The molecule has 0 unspecified atom stereocenters. The summed E-state index contributed by atoms with van der Waals surface area (Å²) in [5, 5.41) is 27.9. The van der Waals surface area contributed by atoms with E-state index in [9.17, 15) is 27.5 Å². The molecule has 3 aromatic heterocycles. The van der Waals surface area contributed by atoms with E-state index in [-0.39, 0.29) is 41.1 Å². The number of hydrogen-bond donors (Lipinski definition) is 0. The van der Waals surface area contributed by atoms with Crippen molar-refractivity contribution < 1.29 is 61.8 Å². The molecule has 5 rings (SSSR count). The molecule has 3 heterocycles. The monoisotopic (exact) mass is 640 g/mol. The summed E-state index contributed by atoms with van der Waals surface area (Å²) in [4.78, 5) is 15.6. The summed E-state index contributed by atoms with van der Waals surface area (Å²) >= 11 is 0. The van der Waals surface area contributed by atoms with Crippen molar-refractivity contribution in [3.05, 3.63) is 113 Å². The third-order valence-electron chi connectivity index (χ3n) is 7.10. The standard InChI is InChI=1S/C32H26F4N6O3.Na/c1-20-14-25(45-13-3-12-41-19-21(16-37)17-38-41)11-9-22(20)6-7-23-8-10-24(33)15-26(23)28-4-2-5-29(40-28)42-30(32(34,35)36)27(18-39-42)31(43)44;/h2,4-5,8-11,14-15,17-19H,3,6-7,12-13H2,1H3,(H,43,44);/q;+1/p-1. The number of pyridine rings is 1. The van der Waals surface area contributed by atoms with Crippen LogP contribution in [0.2, 0.25) is 0 Å². The third kappa shape index (κ3) is 8.00. The van der Waals surface area contributed by atoms with Gasteiger partial charge in [-0.3, -0.25) is 4.68 Å². The van der Waals surface area contributed by atoms with Gasteiger partial charge >= 0.3 is 35.7 Å². The van der Waals surface area contributed by atoms with Crippen molar-refractivity contribution in [2.45, 2.75) is 38.9 Å². The number of hydrogen-bond acceptors (Lipinski definition) is 7. The van der Waals surface area contributed by atoms with E-state index in [1.807, 2.05) is 31.2 Å². The number of carbonyl (C=O) groups is 1. The van der Waals surface area contributed by atoms with Crippen LogP contribution in [-0.2, 0) is 25.6 Å². The Morgan fingerprint density at radius 2 is 1.80 bits per heavy atom. The minimum Gasteiger partial charge on any atom is -0.545 e. The van der Waals surface area contributed by atoms with E-state index in [0.717, 1.165) is 11.1 Å². The number of aromatic nitrogens is 5. The molecule has 9 nitrogen and oxygen atoms in total. The zero-order valence-corrected chi connectivity index (χ0v) is 26.9. The van der Waals surface area contributed by atoms with E-state index in [2.05, 4.69) is 15.2 Å². The fourth-order valence-corrected chi connectivity index (χ4v) is 4.91. The smallest absolute Gasteiger partial charge is 0.545 e. The molecule has 0 saturated carbocycles. The van der Waals surface area contributed by atoms with E-state index in [1.54, 1.807) is 16.9 Å². The molecule has 0 atom stereocenters. The van der Waals surface area contributed by atoms with E-state index in [4.69, 9.17) is 10.00 Å². The molecule has 0 aliphatic rings. The van der Waals surface area contributed by atoms with Crippen LogP contribution in [0.4, 0.5) is 17.6 Å². The second-order valence-electron chi connectivity index (χ2n) is 10.2. The largest absolute Gasteiger partial charge is 1.00 e. The van der Waals surface area contributed by atoms with Crippen molar-refractivity contribution in [2.24, 2.45) is 0 Å². The van der Waals surface area contributed by atoms with Crippen LogP contribution in [0.1, 0.15) is 44.7 Å². The maximum atomic E-state index is 14.4. The van der Waals surface area contributed by atoms with Crippen molar-refractivity contribution >= 4 is 5.97 Å². The van der Waals surface area contributed by atoms with E-state index < -0.39 is 29.2 Å². The maximum Gasteiger partial charge on any atom is 1.00 e. The van der Waals surface area contributed by atoms with Gasteiger partial charge in [0.1, 0.15) is 17.6 Å². The van der Waals surface area contributed by atoms with Gasteiger partial charge in [0.15, 0.2) is 11.5 Å². The van der Waals surface area contributed by atoms with Gasteiger partial charge in [-0.15, -0.1) is 0 Å². The summed E-state index contributed by atoms with van der Waals surface area (Å²) < 4.78 is 63.6. The minimum atomic E-state index is -5.05. The Labute approximate surface area is 283 Å². The number of carboxylic acids is 1. The van der Waals surface area contributed by atoms with Gasteiger partial charge in [-0.25, -0.2) is 14.1 Å². The van der Waals surface area contributed by atoms with Gasteiger partial charge in [-0.05, 0) is 72.9 Å². The van der Waals surface area contributed by atoms with Crippen LogP contribution in [0.15, 0.2) is 73.2 Å². The second kappa shape index (κ2) is 14.7. The number of carboxylic acid groups (broad SMARTS) is 1. The number of halogens is 4. The first kappa shape index (κ1) is 34.4. The Hall–Kier alpha value is -4.51. The summed E-state index contributed by atoms with van der Waals surface area (Å²) in [6.07, 6.45) is 0.457. The summed E-state index contributed by atoms with van der Waals surface area (Å²) in [5.74, 6) is -2.15. The molecule has 0 amide bonds. The molecule has 0 spiro atoms. The summed E-state index contributed by atoms with van der Waals surface area (Å²) in [6.45, 7) is 3.03. The van der Waals surface area contributed by atoms with Crippen molar-refractivity contribution in [3.63, 3.8) is 0 Å². The van der Waals surface area contributed by atoms with Gasteiger partial charge in [0.25, 0.3) is 0 Å². The molecule has 5 aromatic rings. The fraction of sp³-hybridized carbons (Fsp3) is 0.219. The summed E-state index contributed by atoms with van der Waals surface area (Å²) in [7, 11) is 0. The fourth-order valence-electron chi connectivity index (χ4n) is 4.91. The van der Waals surface area contributed by atoms with Crippen molar-refractivity contribution in [1.82, 2.24) is 24.5 Å². The molecule has 0 N–H and O–H groups in total. The number of aryl methyl sites for hydroxylation is 4. The molecule has 0 aliphatic heterocycles. The van der Waals surface area contributed by atoms with Crippen LogP contribution in [0.25, 0.3) is 17.1 Å². The maximum absolute atomic E-state index is 14.4.